The summed E-state index contributed by atoms with van der Waals surface area (Å²) in [7, 11) is 0. The van der Waals surface area contributed by atoms with Crippen molar-refractivity contribution in [3.05, 3.63) is 36.2 Å². The topological polar surface area (TPSA) is 75.4 Å². The molecule has 2 N–H and O–H groups in total. The van der Waals surface area contributed by atoms with E-state index in [-0.39, 0.29) is 12.5 Å². The summed E-state index contributed by atoms with van der Waals surface area (Å²) in [6, 6.07) is 7.45. The molecule has 5 heteroatoms. The first kappa shape index (κ1) is 15.3. The zero-order chi connectivity index (χ0) is 15.1. The van der Waals surface area contributed by atoms with Crippen LogP contribution in [0.3, 0.4) is 0 Å². The molecule has 1 atom stereocenters. The van der Waals surface area contributed by atoms with E-state index < -0.39 is 0 Å². The number of para-hydroxylation sites is 2. The Kier molecular flexibility index (Phi) is 5.51. The highest BCUT2D eigenvalue weighted by Gasteiger charge is 2.07. The molecule has 0 spiro atoms. The van der Waals surface area contributed by atoms with Crippen molar-refractivity contribution in [2.24, 2.45) is 5.92 Å². The highest BCUT2D eigenvalue weighted by Crippen LogP contribution is 2.15. The minimum atomic E-state index is -0.186. The molecule has 112 valence electrons. The van der Waals surface area contributed by atoms with Crippen molar-refractivity contribution >= 4 is 23.1 Å². The van der Waals surface area contributed by atoms with Gasteiger partial charge in [0.15, 0.2) is 5.58 Å². The Morgan fingerprint density at radius 3 is 3.00 bits per heavy atom. The minimum Gasteiger partial charge on any atom is -0.437 e. The van der Waals surface area contributed by atoms with Crippen LogP contribution in [-0.2, 0) is 4.79 Å². The van der Waals surface area contributed by atoms with Gasteiger partial charge in [-0.15, -0.1) is 0 Å². The van der Waals surface area contributed by atoms with Gasteiger partial charge >= 0.3 is 0 Å². The maximum absolute atomic E-state index is 11.7. The Morgan fingerprint density at radius 1 is 1.48 bits per heavy atom. The summed E-state index contributed by atoms with van der Waals surface area (Å²) < 4.78 is 5.49. The van der Waals surface area contributed by atoms with Crippen LogP contribution in [0.4, 0.5) is 0 Å². The smallest absolute Gasteiger partial charge is 0.244 e. The molecule has 0 saturated carbocycles. The number of amides is 1. The molecule has 0 aliphatic heterocycles. The molecule has 1 aromatic carbocycles. The van der Waals surface area contributed by atoms with Gasteiger partial charge in [-0.3, -0.25) is 4.79 Å². The van der Waals surface area contributed by atoms with Crippen molar-refractivity contribution in [1.29, 1.82) is 0 Å². The third-order valence-corrected chi connectivity index (χ3v) is 3.37. The molecular formula is C16H20N2O3. The molecule has 21 heavy (non-hydrogen) atoms. The van der Waals surface area contributed by atoms with E-state index in [1.807, 2.05) is 31.2 Å². The number of aliphatic hydroxyl groups excluding tert-OH is 1. The van der Waals surface area contributed by atoms with E-state index in [0.29, 0.717) is 30.4 Å². The first-order valence-electron chi connectivity index (χ1n) is 7.15. The van der Waals surface area contributed by atoms with Crippen molar-refractivity contribution in [3.63, 3.8) is 0 Å². The van der Waals surface area contributed by atoms with Crippen molar-refractivity contribution in [2.45, 2.75) is 19.8 Å². The van der Waals surface area contributed by atoms with Crippen LogP contribution in [0, 0.1) is 5.92 Å². The Bertz CT molecular complexity index is 586. The van der Waals surface area contributed by atoms with Crippen molar-refractivity contribution in [2.75, 3.05) is 13.2 Å². The molecule has 2 aromatic rings. The van der Waals surface area contributed by atoms with Gasteiger partial charge in [0.1, 0.15) is 5.52 Å². The van der Waals surface area contributed by atoms with Crippen LogP contribution in [-0.4, -0.2) is 29.1 Å². The van der Waals surface area contributed by atoms with E-state index in [0.717, 1.165) is 11.9 Å². The van der Waals surface area contributed by atoms with Crippen LogP contribution in [0.25, 0.3) is 17.2 Å². The maximum atomic E-state index is 11.7. The molecule has 0 saturated heterocycles. The Balaban J connectivity index is 1.89. The number of nitrogens with zero attached hydrogens (tertiary/aromatic N) is 1. The first-order chi connectivity index (χ1) is 10.2. The Morgan fingerprint density at radius 2 is 2.29 bits per heavy atom. The Labute approximate surface area is 123 Å². The van der Waals surface area contributed by atoms with Crippen molar-refractivity contribution in [3.8, 4) is 0 Å². The molecule has 1 aromatic heterocycles. The van der Waals surface area contributed by atoms with E-state index in [1.54, 1.807) is 6.08 Å². The van der Waals surface area contributed by atoms with Crippen LogP contribution in [0.15, 0.2) is 34.8 Å². The third-order valence-electron chi connectivity index (χ3n) is 3.37. The Hall–Kier alpha value is -2.14. The lowest BCUT2D eigenvalue weighted by molar-refractivity contribution is -0.116. The second-order valence-corrected chi connectivity index (χ2v) is 4.88. The average Bonchev–Trinajstić information content (AvgIpc) is 2.92. The molecule has 0 bridgehead atoms. The molecule has 0 aliphatic rings. The molecular weight excluding hydrogens is 268 g/mol. The van der Waals surface area contributed by atoms with Crippen LogP contribution in [0.2, 0.25) is 0 Å². The summed E-state index contributed by atoms with van der Waals surface area (Å²) >= 11 is 0. The van der Waals surface area contributed by atoms with E-state index in [1.165, 1.54) is 6.08 Å². The SMILES string of the molecule is CCC(CCO)CNC(=O)/C=C/c1nc2ccccc2o1. The largest absolute Gasteiger partial charge is 0.437 e. The molecule has 1 amide bonds. The zero-order valence-corrected chi connectivity index (χ0v) is 12.1. The number of benzene rings is 1. The fourth-order valence-corrected chi connectivity index (χ4v) is 2.05. The van der Waals surface area contributed by atoms with E-state index in [2.05, 4.69) is 10.3 Å². The van der Waals surface area contributed by atoms with E-state index in [4.69, 9.17) is 9.52 Å². The van der Waals surface area contributed by atoms with Gasteiger partial charge in [0.2, 0.25) is 11.8 Å². The van der Waals surface area contributed by atoms with Crippen LogP contribution in [0.1, 0.15) is 25.7 Å². The van der Waals surface area contributed by atoms with Crippen LogP contribution < -0.4 is 5.32 Å². The fraction of sp³-hybridized carbons (Fsp3) is 0.375. The summed E-state index contributed by atoms with van der Waals surface area (Å²) in [6.07, 6.45) is 4.60. The average molecular weight is 288 g/mol. The van der Waals surface area contributed by atoms with Gasteiger partial charge in [-0.05, 0) is 24.5 Å². The quantitative estimate of drug-likeness (QED) is 0.767. The number of hydrogen-bond donors (Lipinski definition) is 2. The number of nitrogens with one attached hydrogen (secondary N) is 1. The van der Waals surface area contributed by atoms with Crippen LogP contribution in [0.5, 0.6) is 0 Å². The number of fused-ring (bicyclic) bond motifs is 1. The number of carbonyl (C=O) groups excluding carboxylic acids is 1. The van der Waals surface area contributed by atoms with Crippen molar-refractivity contribution in [1.82, 2.24) is 10.3 Å². The summed E-state index contributed by atoms with van der Waals surface area (Å²) in [4.78, 5) is 16.0. The molecule has 1 unspecified atom stereocenters. The van der Waals surface area contributed by atoms with Crippen LogP contribution >= 0.6 is 0 Å². The van der Waals surface area contributed by atoms with Gasteiger partial charge < -0.3 is 14.8 Å². The molecule has 5 nitrogen and oxygen atoms in total. The van der Waals surface area contributed by atoms with Gasteiger partial charge in [0, 0.05) is 25.3 Å². The van der Waals surface area contributed by atoms with Gasteiger partial charge in [-0.2, -0.15) is 0 Å². The highest BCUT2D eigenvalue weighted by atomic mass is 16.3. The lowest BCUT2D eigenvalue weighted by Gasteiger charge is -2.12. The normalized spacial score (nSPS) is 12.9. The molecule has 2 rings (SSSR count). The molecule has 1 heterocycles. The lowest BCUT2D eigenvalue weighted by atomic mass is 10.0. The second kappa shape index (κ2) is 7.59. The number of oxazole rings is 1. The first-order valence-corrected chi connectivity index (χ1v) is 7.15. The van der Waals surface area contributed by atoms with Crippen molar-refractivity contribution < 1.29 is 14.3 Å². The lowest BCUT2D eigenvalue weighted by Crippen LogP contribution is -2.28. The van der Waals surface area contributed by atoms with Gasteiger partial charge in [0.25, 0.3) is 0 Å². The molecule has 0 radical (unpaired) electrons. The van der Waals surface area contributed by atoms with Gasteiger partial charge in [-0.25, -0.2) is 4.98 Å². The fourth-order valence-electron chi connectivity index (χ4n) is 2.05. The van der Waals surface area contributed by atoms with Gasteiger partial charge in [0.05, 0.1) is 0 Å². The van der Waals surface area contributed by atoms with E-state index in [9.17, 15) is 4.79 Å². The predicted octanol–water partition coefficient (Wildman–Crippen LogP) is 2.37. The number of aliphatic hydroxyl groups is 1. The minimum absolute atomic E-state index is 0.146. The second-order valence-electron chi connectivity index (χ2n) is 4.88. The highest BCUT2D eigenvalue weighted by molar-refractivity contribution is 5.91. The summed E-state index contributed by atoms with van der Waals surface area (Å²) in [5, 5.41) is 11.7. The summed E-state index contributed by atoms with van der Waals surface area (Å²) in [6.45, 7) is 2.75. The predicted molar refractivity (Wildman–Crippen MR) is 81.5 cm³/mol. The number of rotatable bonds is 7. The van der Waals surface area contributed by atoms with Gasteiger partial charge in [-0.1, -0.05) is 25.5 Å². The maximum Gasteiger partial charge on any atom is 0.244 e. The molecule has 0 fully saturated rings. The number of carbonyl (C=O) groups is 1. The van der Waals surface area contributed by atoms with E-state index >= 15 is 0 Å². The zero-order valence-electron chi connectivity index (χ0n) is 12.1. The summed E-state index contributed by atoms with van der Waals surface area (Å²) in [5.74, 6) is 0.527. The number of aromatic nitrogens is 1. The summed E-state index contributed by atoms with van der Waals surface area (Å²) in [5.41, 5.74) is 1.47. The monoisotopic (exact) mass is 288 g/mol. The number of hydrogen-bond acceptors (Lipinski definition) is 4. The third kappa shape index (κ3) is 4.43. The standard InChI is InChI=1S/C16H20N2O3/c1-2-12(9-10-19)11-17-15(20)7-8-16-18-13-5-3-4-6-14(13)21-16/h3-8,12,19H,2,9-11H2,1H3,(H,17,20)/b8-7+. The molecule has 0 aliphatic carbocycles.